The molecule has 6 nitrogen and oxygen atoms in total. The molecular formula is C26H33FN2O4. The van der Waals surface area contributed by atoms with Crippen LogP contribution in [0.15, 0.2) is 48.5 Å². The zero-order valence-corrected chi connectivity index (χ0v) is 19.0. The highest BCUT2D eigenvalue weighted by Crippen LogP contribution is 2.22. The maximum absolute atomic E-state index is 13.4. The zero-order valence-electron chi connectivity index (χ0n) is 19.0. The molecule has 33 heavy (non-hydrogen) atoms. The SMILES string of the molecule is O=C(Cc1ccc(O)cc1)N(Cc1ccc(F)cc1)C1CCN(CCC2OCCCO2)CC1. The monoisotopic (exact) mass is 456 g/mol. The van der Waals surface area contributed by atoms with E-state index >= 15 is 0 Å². The van der Waals surface area contributed by atoms with Crippen LogP contribution in [-0.4, -0.2) is 66.0 Å². The Morgan fingerprint density at radius 3 is 2.30 bits per heavy atom. The molecule has 0 spiro atoms. The molecule has 0 atom stereocenters. The Bertz CT molecular complexity index is 876. The summed E-state index contributed by atoms with van der Waals surface area (Å²) in [6.07, 6.45) is 3.80. The van der Waals surface area contributed by atoms with Crippen LogP contribution < -0.4 is 0 Å². The molecule has 0 saturated carbocycles. The van der Waals surface area contributed by atoms with Crippen LogP contribution in [0.3, 0.4) is 0 Å². The second kappa shape index (κ2) is 11.6. The van der Waals surface area contributed by atoms with Crippen molar-refractivity contribution < 1.29 is 23.8 Å². The summed E-state index contributed by atoms with van der Waals surface area (Å²) >= 11 is 0. The third kappa shape index (κ3) is 7.00. The lowest BCUT2D eigenvalue weighted by molar-refractivity contribution is -0.182. The van der Waals surface area contributed by atoms with Crippen molar-refractivity contribution in [3.8, 4) is 5.75 Å². The number of carbonyl (C=O) groups is 1. The molecule has 2 aliphatic rings. The van der Waals surface area contributed by atoms with Crippen molar-refractivity contribution in [2.45, 2.75) is 51.0 Å². The van der Waals surface area contributed by atoms with E-state index in [-0.39, 0.29) is 36.2 Å². The smallest absolute Gasteiger partial charge is 0.227 e. The Hall–Kier alpha value is -2.48. The Labute approximate surface area is 194 Å². The first-order valence-electron chi connectivity index (χ1n) is 11.8. The summed E-state index contributed by atoms with van der Waals surface area (Å²) in [5.41, 5.74) is 1.79. The van der Waals surface area contributed by atoms with Gasteiger partial charge in [0.15, 0.2) is 6.29 Å². The van der Waals surface area contributed by atoms with Gasteiger partial charge in [0.2, 0.25) is 5.91 Å². The number of benzene rings is 2. The molecule has 0 bridgehead atoms. The minimum Gasteiger partial charge on any atom is -0.508 e. The maximum Gasteiger partial charge on any atom is 0.227 e. The molecule has 0 aliphatic carbocycles. The predicted octanol–water partition coefficient (Wildman–Crippen LogP) is 3.72. The quantitative estimate of drug-likeness (QED) is 0.656. The van der Waals surface area contributed by atoms with E-state index in [1.165, 1.54) is 12.1 Å². The van der Waals surface area contributed by atoms with E-state index in [9.17, 15) is 14.3 Å². The van der Waals surface area contributed by atoms with E-state index in [1.807, 2.05) is 4.90 Å². The number of rotatable bonds is 8. The van der Waals surface area contributed by atoms with Gasteiger partial charge in [0, 0.05) is 38.6 Å². The van der Waals surface area contributed by atoms with Crippen LogP contribution in [0, 0.1) is 5.82 Å². The third-order valence-electron chi connectivity index (χ3n) is 6.45. The molecule has 1 N–H and O–H groups in total. The van der Waals surface area contributed by atoms with Gasteiger partial charge in [-0.25, -0.2) is 4.39 Å². The summed E-state index contributed by atoms with van der Waals surface area (Å²) in [7, 11) is 0. The van der Waals surface area contributed by atoms with E-state index in [0.29, 0.717) is 6.54 Å². The highest BCUT2D eigenvalue weighted by Gasteiger charge is 2.28. The molecule has 178 valence electrons. The van der Waals surface area contributed by atoms with E-state index in [4.69, 9.17) is 9.47 Å². The highest BCUT2D eigenvalue weighted by molar-refractivity contribution is 5.79. The summed E-state index contributed by atoms with van der Waals surface area (Å²) < 4.78 is 24.7. The van der Waals surface area contributed by atoms with Gasteiger partial charge in [0.1, 0.15) is 11.6 Å². The minimum absolute atomic E-state index is 0.0486. The van der Waals surface area contributed by atoms with E-state index in [1.54, 1.807) is 36.4 Å². The predicted molar refractivity (Wildman–Crippen MR) is 123 cm³/mol. The van der Waals surface area contributed by atoms with Gasteiger partial charge in [-0.1, -0.05) is 24.3 Å². The van der Waals surface area contributed by atoms with Crippen molar-refractivity contribution >= 4 is 5.91 Å². The minimum atomic E-state index is -0.278. The van der Waals surface area contributed by atoms with Gasteiger partial charge in [-0.2, -0.15) is 0 Å². The van der Waals surface area contributed by atoms with Crippen LogP contribution in [0.2, 0.25) is 0 Å². The fourth-order valence-electron chi connectivity index (χ4n) is 4.54. The molecule has 2 saturated heterocycles. The molecule has 2 fully saturated rings. The number of amides is 1. The second-order valence-electron chi connectivity index (χ2n) is 8.88. The number of aromatic hydroxyl groups is 1. The summed E-state index contributed by atoms with van der Waals surface area (Å²) in [5, 5.41) is 9.53. The molecule has 2 aromatic carbocycles. The molecule has 2 aliphatic heterocycles. The van der Waals surface area contributed by atoms with E-state index in [0.717, 1.165) is 69.7 Å². The number of nitrogens with zero attached hydrogens (tertiary/aromatic N) is 2. The first-order chi connectivity index (χ1) is 16.1. The number of phenols is 1. The molecule has 2 heterocycles. The molecule has 0 aromatic heterocycles. The van der Waals surface area contributed by atoms with E-state index < -0.39 is 0 Å². The topological polar surface area (TPSA) is 62.2 Å². The van der Waals surface area contributed by atoms with Crippen LogP contribution in [0.1, 0.15) is 36.8 Å². The number of phenolic OH excluding ortho intramolecular Hbond substituents is 1. The lowest BCUT2D eigenvalue weighted by Crippen LogP contribution is -2.48. The standard InChI is InChI=1S/C26H33FN2O4/c27-22-6-2-21(3-7-22)19-29(25(31)18-20-4-8-24(30)9-5-20)23-10-13-28(14-11-23)15-12-26-32-16-1-17-33-26/h2-9,23,26,30H,1,10-19H2. The fraction of sp³-hybridized carbons (Fsp3) is 0.500. The van der Waals surface area contributed by atoms with Gasteiger partial charge in [-0.3, -0.25) is 4.79 Å². The average molecular weight is 457 g/mol. The zero-order chi connectivity index (χ0) is 23.0. The van der Waals surface area contributed by atoms with Gasteiger partial charge in [0.05, 0.1) is 19.6 Å². The maximum atomic E-state index is 13.4. The molecular weight excluding hydrogens is 423 g/mol. The number of piperidine rings is 1. The average Bonchev–Trinajstić information content (AvgIpc) is 2.85. The molecule has 0 radical (unpaired) electrons. The van der Waals surface area contributed by atoms with E-state index in [2.05, 4.69) is 4.90 Å². The van der Waals surface area contributed by atoms with Crippen LogP contribution in [-0.2, 0) is 27.2 Å². The summed E-state index contributed by atoms with van der Waals surface area (Å²) in [6, 6.07) is 13.3. The highest BCUT2D eigenvalue weighted by atomic mass is 19.1. The number of hydrogen-bond donors (Lipinski definition) is 1. The van der Waals surface area contributed by atoms with Gasteiger partial charge >= 0.3 is 0 Å². The normalized spacial score (nSPS) is 18.3. The van der Waals surface area contributed by atoms with Gasteiger partial charge < -0.3 is 24.4 Å². The first kappa shape index (κ1) is 23.7. The number of hydrogen-bond acceptors (Lipinski definition) is 5. The number of ether oxygens (including phenoxy) is 2. The molecule has 7 heteroatoms. The van der Waals surface area contributed by atoms with Gasteiger partial charge in [-0.05, 0) is 54.7 Å². The first-order valence-corrected chi connectivity index (χ1v) is 11.8. The number of likely N-dealkylation sites (tertiary alicyclic amines) is 1. The summed E-state index contributed by atoms with van der Waals surface area (Å²) in [6.45, 7) is 4.78. The second-order valence-corrected chi connectivity index (χ2v) is 8.88. The number of carbonyl (C=O) groups excluding carboxylic acids is 1. The Morgan fingerprint density at radius 2 is 1.64 bits per heavy atom. The lowest BCUT2D eigenvalue weighted by Gasteiger charge is -2.39. The van der Waals surface area contributed by atoms with Crippen molar-refractivity contribution in [2.75, 3.05) is 32.8 Å². The van der Waals surface area contributed by atoms with Gasteiger partial charge in [-0.15, -0.1) is 0 Å². The summed E-state index contributed by atoms with van der Waals surface area (Å²) in [4.78, 5) is 17.7. The fourth-order valence-corrected chi connectivity index (χ4v) is 4.54. The molecule has 0 unspecified atom stereocenters. The van der Waals surface area contributed by atoms with Crippen LogP contribution >= 0.6 is 0 Å². The summed E-state index contributed by atoms with van der Waals surface area (Å²) in [5.74, 6) is -0.0433. The van der Waals surface area contributed by atoms with Gasteiger partial charge in [0.25, 0.3) is 0 Å². The molecule has 2 aromatic rings. The Balaban J connectivity index is 1.36. The largest absolute Gasteiger partial charge is 0.508 e. The Morgan fingerprint density at radius 1 is 1.00 bits per heavy atom. The van der Waals surface area contributed by atoms with Crippen molar-refractivity contribution in [2.24, 2.45) is 0 Å². The van der Waals surface area contributed by atoms with Crippen molar-refractivity contribution in [1.82, 2.24) is 9.80 Å². The lowest BCUT2D eigenvalue weighted by atomic mass is 10.0. The third-order valence-corrected chi connectivity index (χ3v) is 6.45. The van der Waals surface area contributed by atoms with Crippen molar-refractivity contribution in [3.63, 3.8) is 0 Å². The van der Waals surface area contributed by atoms with Crippen LogP contribution in [0.25, 0.3) is 0 Å². The van der Waals surface area contributed by atoms with Crippen LogP contribution in [0.4, 0.5) is 4.39 Å². The van der Waals surface area contributed by atoms with Crippen molar-refractivity contribution in [3.05, 3.63) is 65.5 Å². The molecule has 4 rings (SSSR count). The number of halogens is 1. The molecule has 1 amide bonds. The Kier molecular flexibility index (Phi) is 8.31. The van der Waals surface area contributed by atoms with Crippen LogP contribution in [0.5, 0.6) is 5.75 Å². The van der Waals surface area contributed by atoms with Crippen molar-refractivity contribution in [1.29, 1.82) is 0 Å².